The molecule has 0 aromatic heterocycles. The van der Waals surface area contributed by atoms with E-state index in [-0.39, 0.29) is 11.1 Å². The fourth-order valence-electron chi connectivity index (χ4n) is 1.59. The Bertz CT molecular complexity index is 327. The van der Waals surface area contributed by atoms with E-state index in [0.29, 0.717) is 10.8 Å². The molecule has 16 heavy (non-hydrogen) atoms. The lowest BCUT2D eigenvalue weighted by Crippen LogP contribution is -2.48. The van der Waals surface area contributed by atoms with Gasteiger partial charge >= 0.3 is 8.56 Å². The number of benzene rings is 1. The molecule has 0 unspecified atom stereocenters. The van der Waals surface area contributed by atoms with Gasteiger partial charge in [0, 0.05) is 16.1 Å². The molecule has 0 atom stereocenters. The van der Waals surface area contributed by atoms with Crippen LogP contribution in [0.15, 0.2) is 24.3 Å². The third-order valence-electron chi connectivity index (χ3n) is 2.75. The highest BCUT2D eigenvalue weighted by molar-refractivity contribution is 6.69. The molecule has 0 bridgehead atoms. The van der Waals surface area contributed by atoms with Gasteiger partial charge in [0.1, 0.15) is 5.75 Å². The fraction of sp³-hybridized carbons (Fsp3) is 0.500. The van der Waals surface area contributed by atoms with Crippen molar-refractivity contribution < 1.29 is 9.22 Å². The molecule has 0 saturated heterocycles. The molecule has 0 aliphatic heterocycles. The summed E-state index contributed by atoms with van der Waals surface area (Å²) in [6, 6.07) is 7.13. The Labute approximate surface area is 103 Å². The van der Waals surface area contributed by atoms with E-state index in [1.807, 2.05) is 27.7 Å². The van der Waals surface area contributed by atoms with Crippen molar-refractivity contribution in [2.75, 3.05) is 0 Å². The monoisotopic (exact) mass is 258 g/mol. The molecule has 1 aromatic rings. The summed E-state index contributed by atoms with van der Waals surface area (Å²) in [7, 11) is -2.71. The van der Waals surface area contributed by atoms with Crippen LogP contribution < -0.4 is 4.43 Å². The van der Waals surface area contributed by atoms with Crippen LogP contribution in [0.3, 0.4) is 0 Å². The zero-order chi connectivity index (χ0) is 12.3. The Kier molecular flexibility index (Phi) is 4.41. The summed E-state index contributed by atoms with van der Waals surface area (Å²) in [5.74, 6) is 0.695. The van der Waals surface area contributed by atoms with E-state index in [1.165, 1.54) is 0 Å². The van der Waals surface area contributed by atoms with Gasteiger partial charge in [0.2, 0.25) is 0 Å². The first-order valence-corrected chi connectivity index (χ1v) is 7.92. The Morgan fingerprint density at radius 2 is 1.50 bits per heavy atom. The predicted molar refractivity (Wildman–Crippen MR) is 70.2 cm³/mol. The summed E-state index contributed by atoms with van der Waals surface area (Å²) >= 11 is 5.80. The second-order valence-electron chi connectivity index (χ2n) is 4.62. The SMILES string of the molecule is CC(C)[Si](O)(Oc1ccc(Cl)cc1)C(C)C. The molecule has 0 aliphatic carbocycles. The molecule has 90 valence electrons. The Hall–Kier alpha value is -0.513. The molecule has 0 saturated carbocycles. The van der Waals surface area contributed by atoms with Gasteiger partial charge in [0.25, 0.3) is 0 Å². The van der Waals surface area contributed by atoms with Gasteiger partial charge in [0.05, 0.1) is 0 Å². The van der Waals surface area contributed by atoms with Gasteiger partial charge < -0.3 is 9.22 Å². The second kappa shape index (κ2) is 5.21. The van der Waals surface area contributed by atoms with Crippen molar-refractivity contribution in [3.05, 3.63) is 29.3 Å². The molecule has 1 N–H and O–H groups in total. The van der Waals surface area contributed by atoms with E-state index in [4.69, 9.17) is 16.0 Å². The first-order valence-electron chi connectivity index (χ1n) is 5.53. The molecular weight excluding hydrogens is 240 g/mol. The topological polar surface area (TPSA) is 29.5 Å². The van der Waals surface area contributed by atoms with Crippen LogP contribution in [0.2, 0.25) is 16.1 Å². The maximum absolute atomic E-state index is 10.6. The van der Waals surface area contributed by atoms with Crippen LogP contribution in [0.5, 0.6) is 5.75 Å². The molecule has 0 spiro atoms. The Morgan fingerprint density at radius 1 is 1.06 bits per heavy atom. The lowest BCUT2D eigenvalue weighted by Gasteiger charge is -2.32. The summed E-state index contributed by atoms with van der Waals surface area (Å²) in [6.07, 6.45) is 0. The number of hydrogen-bond donors (Lipinski definition) is 1. The first-order chi connectivity index (χ1) is 7.36. The molecular formula is C12H19ClO2Si. The first kappa shape index (κ1) is 13.6. The molecule has 4 heteroatoms. The van der Waals surface area contributed by atoms with Crippen molar-refractivity contribution in [3.8, 4) is 5.75 Å². The number of hydrogen-bond acceptors (Lipinski definition) is 2. The molecule has 2 nitrogen and oxygen atoms in total. The average Bonchev–Trinajstić information content (AvgIpc) is 2.20. The third kappa shape index (κ3) is 3.00. The minimum atomic E-state index is -2.71. The standard InChI is InChI=1S/C12H19ClO2Si/c1-9(2)16(14,10(3)4)15-12-7-5-11(13)6-8-12/h5-10,14H,1-4H3. The summed E-state index contributed by atoms with van der Waals surface area (Å²) in [5, 5.41) is 0.673. The van der Waals surface area contributed by atoms with E-state index in [1.54, 1.807) is 24.3 Å². The molecule has 0 radical (unpaired) electrons. The summed E-state index contributed by atoms with van der Waals surface area (Å²) in [6.45, 7) is 8.01. The van der Waals surface area contributed by atoms with Crippen LogP contribution >= 0.6 is 11.6 Å². The summed E-state index contributed by atoms with van der Waals surface area (Å²) in [4.78, 5) is 10.6. The second-order valence-corrected chi connectivity index (χ2v) is 9.07. The number of halogens is 1. The van der Waals surface area contributed by atoms with E-state index in [9.17, 15) is 4.80 Å². The van der Waals surface area contributed by atoms with Gasteiger partial charge in [0.15, 0.2) is 0 Å². The van der Waals surface area contributed by atoms with Crippen LogP contribution in [-0.2, 0) is 0 Å². The van der Waals surface area contributed by atoms with Crippen molar-refractivity contribution >= 4 is 20.2 Å². The highest BCUT2D eigenvalue weighted by Gasteiger charge is 2.43. The minimum Gasteiger partial charge on any atom is -0.520 e. The van der Waals surface area contributed by atoms with Gasteiger partial charge in [-0.1, -0.05) is 39.3 Å². The van der Waals surface area contributed by atoms with E-state index in [0.717, 1.165) is 0 Å². The van der Waals surface area contributed by atoms with Crippen molar-refractivity contribution in [3.63, 3.8) is 0 Å². The quantitative estimate of drug-likeness (QED) is 0.828. The lowest BCUT2D eigenvalue weighted by molar-refractivity contribution is 0.340. The normalized spacial score (nSPS) is 12.2. The minimum absolute atomic E-state index is 0.156. The molecule has 0 heterocycles. The van der Waals surface area contributed by atoms with Crippen LogP contribution in [0, 0.1) is 0 Å². The lowest BCUT2D eigenvalue weighted by atomic mass is 10.3. The predicted octanol–water partition coefficient (Wildman–Crippen LogP) is 3.97. The zero-order valence-electron chi connectivity index (χ0n) is 10.2. The maximum Gasteiger partial charge on any atom is 0.401 e. The van der Waals surface area contributed by atoms with Gasteiger partial charge in [-0.3, -0.25) is 0 Å². The van der Waals surface area contributed by atoms with E-state index < -0.39 is 8.56 Å². The van der Waals surface area contributed by atoms with Crippen molar-refractivity contribution in [1.29, 1.82) is 0 Å². The van der Waals surface area contributed by atoms with Gasteiger partial charge in [-0.2, -0.15) is 0 Å². The van der Waals surface area contributed by atoms with Crippen molar-refractivity contribution in [2.45, 2.75) is 38.8 Å². The van der Waals surface area contributed by atoms with Crippen LogP contribution in [-0.4, -0.2) is 13.4 Å². The maximum atomic E-state index is 10.6. The molecule has 0 fully saturated rings. The van der Waals surface area contributed by atoms with Gasteiger partial charge in [-0.15, -0.1) is 0 Å². The van der Waals surface area contributed by atoms with E-state index >= 15 is 0 Å². The highest BCUT2D eigenvalue weighted by Crippen LogP contribution is 2.32. The highest BCUT2D eigenvalue weighted by atomic mass is 35.5. The van der Waals surface area contributed by atoms with Crippen LogP contribution in [0.1, 0.15) is 27.7 Å². The van der Waals surface area contributed by atoms with Gasteiger partial charge in [-0.25, -0.2) is 0 Å². The van der Waals surface area contributed by atoms with E-state index in [2.05, 4.69) is 0 Å². The molecule has 0 aliphatic rings. The fourth-order valence-corrected chi connectivity index (χ4v) is 4.04. The van der Waals surface area contributed by atoms with Gasteiger partial charge in [-0.05, 0) is 24.3 Å². The summed E-state index contributed by atoms with van der Waals surface area (Å²) < 4.78 is 5.82. The largest absolute Gasteiger partial charge is 0.520 e. The Morgan fingerprint density at radius 3 is 1.88 bits per heavy atom. The zero-order valence-corrected chi connectivity index (χ0v) is 12.0. The Balaban J connectivity index is 2.88. The van der Waals surface area contributed by atoms with Crippen LogP contribution in [0.4, 0.5) is 0 Å². The van der Waals surface area contributed by atoms with Crippen LogP contribution in [0.25, 0.3) is 0 Å². The van der Waals surface area contributed by atoms with Crippen molar-refractivity contribution in [2.24, 2.45) is 0 Å². The average molecular weight is 259 g/mol. The third-order valence-corrected chi connectivity index (χ3v) is 6.87. The smallest absolute Gasteiger partial charge is 0.401 e. The molecule has 1 aromatic carbocycles. The van der Waals surface area contributed by atoms with Crippen molar-refractivity contribution in [1.82, 2.24) is 0 Å². The molecule has 1 rings (SSSR count). The molecule has 0 amide bonds. The summed E-state index contributed by atoms with van der Waals surface area (Å²) in [5.41, 5.74) is 0.311. The number of rotatable bonds is 4.